The summed E-state index contributed by atoms with van der Waals surface area (Å²) in [5.74, 6) is 6.19. The van der Waals surface area contributed by atoms with Crippen LogP contribution in [-0.2, 0) is 9.52 Å². The zero-order chi connectivity index (χ0) is 26.7. The standard InChI is InChI=1S/C30H31FN4O3S/c1-39(37)10-8-22(9-11-39)38-30-33-28-25(29(34-30)35-16-18-6-7-19(12-18)17-35)15-32-27(26(28)31)24-14-21(36)13-20-4-2-3-5-23(20)24/h2-5,13-15,18-19,22,36H,1,6-12,16-17H2. The molecule has 9 heteroatoms. The molecule has 3 aliphatic rings. The molecule has 1 saturated carbocycles. The molecule has 1 aliphatic carbocycles. The summed E-state index contributed by atoms with van der Waals surface area (Å²) in [5, 5.41) is 12.5. The molecule has 2 unspecified atom stereocenters. The van der Waals surface area contributed by atoms with Gasteiger partial charge < -0.3 is 14.7 Å². The number of nitrogens with zero attached hydrogens (tertiary/aromatic N) is 4. The third-order valence-electron chi connectivity index (χ3n) is 8.55. The SMILES string of the molecule is C=S1(=O)CCC(Oc2nc(N3CC4CCC(C4)C3)c3cnc(-c4cc(O)cc5ccccc45)c(F)c3n2)CC1. The number of anilines is 1. The molecule has 202 valence electrons. The second-order valence-corrected chi connectivity index (χ2v) is 14.1. The number of ether oxygens (including phenoxy) is 1. The summed E-state index contributed by atoms with van der Waals surface area (Å²) >= 11 is 0. The van der Waals surface area contributed by atoms with Gasteiger partial charge in [-0.25, -0.2) is 4.39 Å². The molecule has 2 aliphatic heterocycles. The average molecular weight is 547 g/mol. The molecule has 4 heterocycles. The van der Waals surface area contributed by atoms with E-state index in [9.17, 15) is 9.32 Å². The monoisotopic (exact) mass is 546 g/mol. The Morgan fingerprint density at radius 2 is 1.77 bits per heavy atom. The molecular formula is C30H31FN4O3S. The van der Waals surface area contributed by atoms with E-state index < -0.39 is 15.3 Å². The van der Waals surface area contributed by atoms with Crippen LogP contribution in [0.2, 0.25) is 0 Å². The highest BCUT2D eigenvalue weighted by atomic mass is 32.2. The van der Waals surface area contributed by atoms with Gasteiger partial charge in [0.1, 0.15) is 28.9 Å². The molecule has 7 rings (SSSR count). The largest absolute Gasteiger partial charge is 0.508 e. The molecule has 2 bridgehead atoms. The summed E-state index contributed by atoms with van der Waals surface area (Å²) < 4.78 is 35.0. The number of aromatic nitrogens is 3. The van der Waals surface area contributed by atoms with Crippen molar-refractivity contribution in [1.29, 1.82) is 0 Å². The van der Waals surface area contributed by atoms with Gasteiger partial charge in [0.05, 0.1) is 5.39 Å². The zero-order valence-corrected chi connectivity index (χ0v) is 22.5. The Balaban J connectivity index is 1.36. The summed E-state index contributed by atoms with van der Waals surface area (Å²) in [6, 6.07) is 10.9. The predicted octanol–water partition coefficient (Wildman–Crippen LogP) is 5.18. The van der Waals surface area contributed by atoms with Gasteiger partial charge in [-0.05, 0) is 82.2 Å². The number of pyridine rings is 1. The lowest BCUT2D eigenvalue weighted by molar-refractivity contribution is 0.175. The Morgan fingerprint density at radius 3 is 2.54 bits per heavy atom. The Hall–Kier alpha value is -3.46. The summed E-state index contributed by atoms with van der Waals surface area (Å²) in [6.07, 6.45) is 6.32. The van der Waals surface area contributed by atoms with Crippen molar-refractivity contribution in [3.63, 3.8) is 0 Å². The molecule has 2 aromatic carbocycles. The first-order valence-electron chi connectivity index (χ1n) is 13.7. The van der Waals surface area contributed by atoms with Gasteiger partial charge in [-0.15, -0.1) is 0 Å². The van der Waals surface area contributed by atoms with Crippen molar-refractivity contribution in [3.8, 4) is 23.0 Å². The third-order valence-corrected chi connectivity index (χ3v) is 10.5. The normalized spacial score (nSPS) is 26.8. The molecule has 0 amide bonds. The highest BCUT2D eigenvalue weighted by Gasteiger charge is 2.35. The van der Waals surface area contributed by atoms with Crippen LogP contribution in [0.25, 0.3) is 32.9 Å². The molecule has 7 nitrogen and oxygen atoms in total. The molecule has 0 spiro atoms. The summed E-state index contributed by atoms with van der Waals surface area (Å²) in [6.45, 7) is 1.74. The molecule has 2 aromatic heterocycles. The number of halogens is 1. The Labute approximate surface area is 227 Å². The number of phenols is 1. The van der Waals surface area contributed by atoms with Crippen LogP contribution in [0, 0.1) is 17.7 Å². The summed E-state index contributed by atoms with van der Waals surface area (Å²) in [4.78, 5) is 16.2. The van der Waals surface area contributed by atoms with Crippen LogP contribution < -0.4 is 9.64 Å². The minimum atomic E-state index is -2.06. The highest BCUT2D eigenvalue weighted by molar-refractivity contribution is 8.00. The van der Waals surface area contributed by atoms with E-state index >= 15 is 4.39 Å². The summed E-state index contributed by atoms with van der Waals surface area (Å²) in [5.41, 5.74) is 0.779. The number of benzene rings is 2. The number of piperidine rings is 1. The first-order valence-corrected chi connectivity index (χ1v) is 15.7. The maximum Gasteiger partial charge on any atom is 0.319 e. The topological polar surface area (TPSA) is 88.4 Å². The Bertz CT molecular complexity index is 1680. The van der Waals surface area contributed by atoms with Crippen molar-refractivity contribution >= 4 is 42.9 Å². The van der Waals surface area contributed by atoms with Gasteiger partial charge in [-0.3, -0.25) is 9.19 Å². The second-order valence-electron chi connectivity index (χ2n) is 11.4. The lowest BCUT2D eigenvalue weighted by atomic mass is 9.98. The number of hydrogen-bond donors (Lipinski definition) is 1. The van der Waals surface area contributed by atoms with Gasteiger partial charge in [0.25, 0.3) is 0 Å². The number of fused-ring (bicyclic) bond motifs is 4. The third kappa shape index (κ3) is 4.56. The van der Waals surface area contributed by atoms with Crippen molar-refractivity contribution < 1.29 is 18.4 Å². The van der Waals surface area contributed by atoms with Crippen molar-refractivity contribution in [2.45, 2.75) is 38.2 Å². The Morgan fingerprint density at radius 1 is 1.03 bits per heavy atom. The van der Waals surface area contributed by atoms with Gasteiger partial charge in [0.15, 0.2) is 5.82 Å². The number of hydrogen-bond acceptors (Lipinski definition) is 7. The maximum atomic E-state index is 16.4. The molecule has 4 aromatic rings. The van der Waals surface area contributed by atoms with Gasteiger partial charge in [0, 0.05) is 36.4 Å². The van der Waals surface area contributed by atoms with Crippen LogP contribution >= 0.6 is 0 Å². The van der Waals surface area contributed by atoms with Crippen LogP contribution in [-0.4, -0.2) is 60.8 Å². The minimum Gasteiger partial charge on any atom is -0.508 e. The van der Waals surface area contributed by atoms with Gasteiger partial charge in [-0.1, -0.05) is 24.3 Å². The predicted molar refractivity (Wildman–Crippen MR) is 154 cm³/mol. The van der Waals surface area contributed by atoms with Crippen LogP contribution in [0.3, 0.4) is 0 Å². The van der Waals surface area contributed by atoms with Crippen LogP contribution in [0.1, 0.15) is 32.1 Å². The van der Waals surface area contributed by atoms with Crippen LogP contribution in [0.5, 0.6) is 11.8 Å². The highest BCUT2D eigenvalue weighted by Crippen LogP contribution is 2.41. The van der Waals surface area contributed by atoms with Crippen molar-refractivity contribution in [2.75, 3.05) is 29.5 Å². The molecule has 1 N–H and O–H groups in total. The molecule has 3 fully saturated rings. The molecule has 39 heavy (non-hydrogen) atoms. The molecular weight excluding hydrogens is 515 g/mol. The van der Waals surface area contributed by atoms with E-state index in [0.29, 0.717) is 53.0 Å². The lowest BCUT2D eigenvalue weighted by Crippen LogP contribution is -2.37. The van der Waals surface area contributed by atoms with E-state index in [2.05, 4.69) is 20.7 Å². The van der Waals surface area contributed by atoms with E-state index in [1.165, 1.54) is 19.3 Å². The number of phenolic OH excluding ortho intramolecular Hbond substituents is 1. The van der Waals surface area contributed by atoms with E-state index in [-0.39, 0.29) is 29.1 Å². The van der Waals surface area contributed by atoms with Crippen molar-refractivity contribution in [1.82, 2.24) is 15.0 Å². The quantitative estimate of drug-likeness (QED) is 0.353. The van der Waals surface area contributed by atoms with Gasteiger partial charge in [0.2, 0.25) is 0 Å². The fourth-order valence-electron chi connectivity index (χ4n) is 6.58. The van der Waals surface area contributed by atoms with Crippen LogP contribution in [0.4, 0.5) is 10.2 Å². The van der Waals surface area contributed by atoms with Crippen molar-refractivity contribution in [3.05, 3.63) is 48.4 Å². The van der Waals surface area contributed by atoms with E-state index in [1.807, 2.05) is 24.3 Å². The van der Waals surface area contributed by atoms with E-state index in [4.69, 9.17) is 9.72 Å². The first-order chi connectivity index (χ1) is 18.8. The van der Waals surface area contributed by atoms with Crippen molar-refractivity contribution in [2.24, 2.45) is 11.8 Å². The zero-order valence-electron chi connectivity index (χ0n) is 21.7. The minimum absolute atomic E-state index is 0.0421. The molecule has 2 atom stereocenters. The number of aromatic hydroxyl groups is 1. The lowest BCUT2D eigenvalue weighted by Gasteiger charge is -2.33. The second kappa shape index (κ2) is 9.33. The van der Waals surface area contributed by atoms with Gasteiger partial charge >= 0.3 is 6.01 Å². The van der Waals surface area contributed by atoms with Crippen LogP contribution in [0.15, 0.2) is 42.6 Å². The molecule has 2 saturated heterocycles. The Kier molecular flexibility index (Phi) is 5.88. The average Bonchev–Trinajstić information content (AvgIpc) is 3.26. The van der Waals surface area contributed by atoms with E-state index in [0.717, 1.165) is 23.9 Å². The van der Waals surface area contributed by atoms with E-state index in [1.54, 1.807) is 18.3 Å². The number of rotatable bonds is 4. The summed E-state index contributed by atoms with van der Waals surface area (Å²) in [7, 11) is -2.06. The smallest absolute Gasteiger partial charge is 0.319 e. The molecule has 0 radical (unpaired) electrons. The fourth-order valence-corrected chi connectivity index (χ4v) is 8.17. The maximum absolute atomic E-state index is 16.4. The van der Waals surface area contributed by atoms with Gasteiger partial charge in [-0.2, -0.15) is 9.97 Å². The first kappa shape index (κ1) is 24.6. The fraction of sp³-hybridized carbons (Fsp3) is 0.400.